The first-order valence-electron chi connectivity index (χ1n) is 11.8. The Morgan fingerprint density at radius 3 is 2.33 bits per heavy atom. The predicted molar refractivity (Wildman–Crippen MR) is 129 cm³/mol. The number of hydrogen-bond donors (Lipinski definition) is 4. The van der Waals surface area contributed by atoms with Crippen LogP contribution in [0.2, 0.25) is 5.02 Å². The summed E-state index contributed by atoms with van der Waals surface area (Å²) < 4.78 is 53.9. The van der Waals surface area contributed by atoms with E-state index in [2.05, 4.69) is 5.32 Å². The maximum absolute atomic E-state index is 13.6. The zero-order valence-corrected chi connectivity index (χ0v) is 21.1. The van der Waals surface area contributed by atoms with Crippen molar-refractivity contribution >= 4 is 33.0 Å². The van der Waals surface area contributed by atoms with Crippen LogP contribution in [0.4, 0.5) is 14.5 Å². The van der Waals surface area contributed by atoms with Gasteiger partial charge in [-0.2, -0.15) is 0 Å². The Labute approximate surface area is 213 Å². The predicted octanol–water partition coefficient (Wildman–Crippen LogP) is 3.70. The average Bonchev–Trinajstić information content (AvgIpc) is 3.00. The van der Waals surface area contributed by atoms with Gasteiger partial charge in [0.05, 0.1) is 26.9 Å². The Balaban J connectivity index is 1.58. The molecule has 4 atom stereocenters. The van der Waals surface area contributed by atoms with Crippen LogP contribution in [0.15, 0.2) is 41.3 Å². The molecule has 0 radical (unpaired) electrons. The summed E-state index contributed by atoms with van der Waals surface area (Å²) in [5.41, 5.74) is -1.62. The molecule has 7 nitrogen and oxygen atoms in total. The number of halogens is 3. The molecule has 2 aliphatic carbocycles. The van der Waals surface area contributed by atoms with Crippen molar-refractivity contribution in [2.45, 2.75) is 67.0 Å². The maximum atomic E-state index is 13.6. The zero-order valence-electron chi connectivity index (χ0n) is 19.5. The smallest absolute Gasteiger partial charge is 0.255 e. The van der Waals surface area contributed by atoms with Crippen molar-refractivity contribution in [3.05, 3.63) is 58.6 Å². The number of benzene rings is 2. The Bertz CT molecular complexity index is 1260. The van der Waals surface area contributed by atoms with Gasteiger partial charge in [-0.25, -0.2) is 17.2 Å². The lowest BCUT2D eigenvalue weighted by atomic mass is 9.69. The first-order chi connectivity index (χ1) is 16.9. The standard InChI is InChI=1S/C25H28ClF2NO6S/c1-2-21(30)23(31)25(33)14-4-5-15(25)11-17(10-14)36(34,35)22-9-13(3-7-18(22)26)24(32)29-16-6-8-19(27)20(28)12-16/h3,6-9,12,14-15,17,21,23,30-31,33H,2,4-5,10-11H2,1H3,(H,29,32)/t14?,15?,17-,21-,23+,25-/m0/s1. The number of aliphatic hydroxyl groups excluding tert-OH is 2. The minimum atomic E-state index is -4.04. The minimum Gasteiger partial charge on any atom is -0.390 e. The molecule has 2 fully saturated rings. The normalized spacial score (nSPS) is 27.5. The van der Waals surface area contributed by atoms with Gasteiger partial charge in [-0.1, -0.05) is 18.5 Å². The highest BCUT2D eigenvalue weighted by Gasteiger charge is 2.60. The lowest BCUT2D eigenvalue weighted by molar-refractivity contribution is -0.176. The summed E-state index contributed by atoms with van der Waals surface area (Å²) in [6.45, 7) is 1.69. The van der Waals surface area contributed by atoms with Crippen molar-refractivity contribution in [3.63, 3.8) is 0 Å². The molecule has 4 N–H and O–H groups in total. The van der Waals surface area contributed by atoms with Gasteiger partial charge in [-0.15, -0.1) is 0 Å². The highest BCUT2D eigenvalue weighted by Crippen LogP contribution is 2.54. The highest BCUT2D eigenvalue weighted by molar-refractivity contribution is 7.92. The van der Waals surface area contributed by atoms with Gasteiger partial charge in [-0.3, -0.25) is 4.79 Å². The molecule has 2 aromatic rings. The molecule has 0 aliphatic heterocycles. The van der Waals surface area contributed by atoms with E-state index in [4.69, 9.17) is 11.6 Å². The van der Waals surface area contributed by atoms with E-state index >= 15 is 0 Å². The fourth-order valence-corrected chi connectivity index (χ4v) is 8.03. The van der Waals surface area contributed by atoms with Crippen molar-refractivity contribution in [1.29, 1.82) is 0 Å². The molecule has 2 aliphatic rings. The van der Waals surface area contributed by atoms with Crippen LogP contribution < -0.4 is 5.32 Å². The van der Waals surface area contributed by atoms with Crippen LogP contribution in [0, 0.1) is 23.5 Å². The largest absolute Gasteiger partial charge is 0.390 e. The summed E-state index contributed by atoms with van der Waals surface area (Å²) >= 11 is 6.23. The van der Waals surface area contributed by atoms with Crippen LogP contribution in [0.5, 0.6) is 0 Å². The number of carbonyl (C=O) groups excluding carboxylic acids is 1. The quantitative estimate of drug-likeness (QED) is 0.422. The first kappa shape index (κ1) is 26.9. The van der Waals surface area contributed by atoms with Crippen LogP contribution in [0.3, 0.4) is 0 Å². The summed E-state index contributed by atoms with van der Waals surface area (Å²) in [5, 5.41) is 33.5. The Kier molecular flexibility index (Phi) is 7.47. The molecule has 2 unspecified atom stereocenters. The third kappa shape index (κ3) is 4.65. The summed E-state index contributed by atoms with van der Waals surface area (Å²) in [7, 11) is -4.04. The average molecular weight is 544 g/mol. The molecule has 196 valence electrons. The third-order valence-electron chi connectivity index (χ3n) is 7.64. The topological polar surface area (TPSA) is 124 Å². The molecule has 0 aromatic heterocycles. The van der Waals surface area contributed by atoms with Gasteiger partial charge in [0.2, 0.25) is 0 Å². The van der Waals surface area contributed by atoms with E-state index in [9.17, 15) is 37.3 Å². The van der Waals surface area contributed by atoms with E-state index in [1.165, 1.54) is 18.2 Å². The second kappa shape index (κ2) is 9.98. The lowest BCUT2D eigenvalue weighted by Gasteiger charge is -2.46. The fourth-order valence-electron chi connectivity index (χ4n) is 5.63. The molecule has 2 aromatic carbocycles. The van der Waals surface area contributed by atoms with E-state index in [0.29, 0.717) is 12.8 Å². The van der Waals surface area contributed by atoms with Crippen molar-refractivity contribution in [2.24, 2.45) is 11.8 Å². The number of rotatable bonds is 7. The van der Waals surface area contributed by atoms with Gasteiger partial charge in [-0.05, 0) is 74.3 Å². The van der Waals surface area contributed by atoms with E-state index in [0.717, 1.165) is 18.2 Å². The second-order valence-electron chi connectivity index (χ2n) is 9.65. The number of carbonyl (C=O) groups is 1. The van der Waals surface area contributed by atoms with Crippen molar-refractivity contribution in [1.82, 2.24) is 0 Å². The molecular formula is C25H28ClF2NO6S. The van der Waals surface area contributed by atoms with E-state index < -0.39 is 62.3 Å². The van der Waals surface area contributed by atoms with Crippen LogP contribution in [0.1, 0.15) is 49.4 Å². The maximum Gasteiger partial charge on any atom is 0.255 e. The Morgan fingerprint density at radius 2 is 1.75 bits per heavy atom. The van der Waals surface area contributed by atoms with Gasteiger partial charge in [0, 0.05) is 17.3 Å². The second-order valence-corrected chi connectivity index (χ2v) is 12.2. The summed E-state index contributed by atoms with van der Waals surface area (Å²) in [4.78, 5) is 12.4. The molecule has 0 heterocycles. The van der Waals surface area contributed by atoms with Crippen LogP contribution in [-0.4, -0.2) is 52.7 Å². The number of amides is 1. The number of nitrogens with one attached hydrogen (secondary N) is 1. The van der Waals surface area contributed by atoms with Gasteiger partial charge in [0.1, 0.15) is 6.10 Å². The molecule has 2 bridgehead atoms. The monoisotopic (exact) mass is 543 g/mol. The summed E-state index contributed by atoms with van der Waals surface area (Å²) in [6, 6.07) is 6.59. The van der Waals surface area contributed by atoms with E-state index in [1.807, 2.05) is 0 Å². The lowest BCUT2D eigenvalue weighted by Crippen LogP contribution is -2.59. The summed E-state index contributed by atoms with van der Waals surface area (Å²) in [6.07, 6.45) is -1.06. The SMILES string of the molecule is CC[C@H](O)[C@@H](O)[C@]1(O)C2CCC1C[C@@H](S(=O)(=O)c1cc(C(=O)Nc3ccc(F)c(F)c3)ccc1Cl)C2. The molecule has 0 spiro atoms. The van der Waals surface area contributed by atoms with Crippen molar-refractivity contribution in [2.75, 3.05) is 5.32 Å². The fraction of sp³-hybridized carbons (Fsp3) is 0.480. The Hall–Kier alpha value is -2.11. The molecular weight excluding hydrogens is 516 g/mol. The first-order valence-corrected chi connectivity index (χ1v) is 13.7. The van der Waals surface area contributed by atoms with Crippen LogP contribution >= 0.6 is 11.6 Å². The summed E-state index contributed by atoms with van der Waals surface area (Å²) in [5.74, 6) is -3.99. The number of aliphatic hydroxyl groups is 3. The number of fused-ring (bicyclic) bond motifs is 2. The molecule has 2 saturated carbocycles. The van der Waals surface area contributed by atoms with Crippen molar-refractivity contribution in [3.8, 4) is 0 Å². The zero-order chi connectivity index (χ0) is 26.4. The van der Waals surface area contributed by atoms with Crippen molar-refractivity contribution < 1.29 is 37.3 Å². The number of hydrogen-bond acceptors (Lipinski definition) is 6. The van der Waals surface area contributed by atoms with Crippen LogP contribution in [0.25, 0.3) is 0 Å². The van der Waals surface area contributed by atoms with E-state index in [-0.39, 0.29) is 40.4 Å². The van der Waals surface area contributed by atoms with Gasteiger partial charge < -0.3 is 20.6 Å². The van der Waals surface area contributed by atoms with Gasteiger partial charge >= 0.3 is 0 Å². The molecule has 36 heavy (non-hydrogen) atoms. The minimum absolute atomic E-state index is 0.00535. The highest BCUT2D eigenvalue weighted by atomic mass is 35.5. The molecule has 0 saturated heterocycles. The van der Waals surface area contributed by atoms with Crippen LogP contribution in [-0.2, 0) is 9.84 Å². The molecule has 4 rings (SSSR count). The van der Waals surface area contributed by atoms with Gasteiger partial charge in [0.15, 0.2) is 21.5 Å². The molecule has 11 heteroatoms. The molecule has 1 amide bonds. The Morgan fingerprint density at radius 1 is 1.11 bits per heavy atom. The van der Waals surface area contributed by atoms with E-state index in [1.54, 1.807) is 6.92 Å². The number of sulfone groups is 1. The third-order valence-corrected chi connectivity index (χ3v) is 10.3. The van der Waals surface area contributed by atoms with Gasteiger partial charge in [0.25, 0.3) is 5.91 Å². The number of anilines is 1.